The predicted octanol–water partition coefficient (Wildman–Crippen LogP) is 0.0440. The molecule has 2 aliphatic rings. The van der Waals surface area contributed by atoms with E-state index in [1.807, 2.05) is 0 Å². The van der Waals surface area contributed by atoms with Crippen LogP contribution in [-0.4, -0.2) is 51.7 Å². The third kappa shape index (κ3) is 2.69. The van der Waals surface area contributed by atoms with Gasteiger partial charge in [-0.15, -0.1) is 0 Å². The summed E-state index contributed by atoms with van der Waals surface area (Å²) in [7, 11) is -1.17. The van der Waals surface area contributed by atoms with Gasteiger partial charge in [0.05, 0.1) is 17.1 Å². The van der Waals surface area contributed by atoms with Crippen molar-refractivity contribution in [1.82, 2.24) is 4.90 Å². The van der Waals surface area contributed by atoms with Crippen LogP contribution in [0.2, 0.25) is 0 Å². The Morgan fingerprint density at radius 2 is 1.64 bits per heavy atom. The second-order valence-corrected chi connectivity index (χ2v) is 7.68. The summed E-state index contributed by atoms with van der Waals surface area (Å²) >= 11 is 0. The number of carbonyl (C=O) groups is 3. The molecule has 1 aromatic carbocycles. The number of likely N-dealkylation sites (tertiary alicyclic amines) is 1. The summed E-state index contributed by atoms with van der Waals surface area (Å²) < 4.78 is 40.2. The van der Waals surface area contributed by atoms with Crippen LogP contribution in [0.3, 0.4) is 0 Å². The third-order valence-corrected chi connectivity index (χ3v) is 5.94. The Bertz CT molecular complexity index is 885. The average molecular weight is 370 g/mol. The number of rotatable bonds is 3. The van der Waals surface area contributed by atoms with Gasteiger partial charge in [0.2, 0.25) is 17.7 Å². The first kappa shape index (κ1) is 17.1. The van der Waals surface area contributed by atoms with Crippen LogP contribution >= 0.6 is 0 Å². The molecule has 1 saturated heterocycles. The molecule has 11 heteroatoms. The molecule has 3 amide bonds. The van der Waals surface area contributed by atoms with Gasteiger partial charge >= 0.3 is 10.2 Å². The molecule has 0 unspecified atom stereocenters. The lowest BCUT2D eigenvalue weighted by Gasteiger charge is -2.15. The van der Waals surface area contributed by atoms with Crippen molar-refractivity contribution in [3.63, 3.8) is 0 Å². The molecule has 0 radical (unpaired) electrons. The maximum atomic E-state index is 14.2. The number of amides is 3. The lowest BCUT2D eigenvalue weighted by molar-refractivity contribution is -0.141. The molecule has 0 aliphatic carbocycles. The van der Waals surface area contributed by atoms with Crippen molar-refractivity contribution in [2.75, 3.05) is 34.6 Å². The molecular weight excluding hydrogens is 355 g/mol. The minimum absolute atomic E-state index is 0.0499. The Kier molecular flexibility index (Phi) is 3.90. The number of halogens is 1. The number of hydrogen-bond acceptors (Lipinski definition) is 5. The van der Waals surface area contributed by atoms with E-state index in [2.05, 4.69) is 5.32 Å². The quantitative estimate of drug-likeness (QED) is 0.756. The molecule has 2 aliphatic heterocycles. The van der Waals surface area contributed by atoms with Gasteiger partial charge in [-0.25, -0.2) is 4.39 Å². The lowest BCUT2D eigenvalue weighted by Crippen LogP contribution is -2.37. The standard InChI is InChI=1S/C14H15FN4O5S/c1-17-10-5-8(15)9(6-11(10)18(2)25(17,23)24)16-12(20)7-19-13(21)3-4-14(19)22/h5-6H,3-4,7H2,1-2H3,(H,16,20). The molecule has 1 fully saturated rings. The molecule has 1 aromatic rings. The van der Waals surface area contributed by atoms with Gasteiger partial charge in [0.1, 0.15) is 12.4 Å². The van der Waals surface area contributed by atoms with E-state index >= 15 is 0 Å². The Morgan fingerprint density at radius 3 is 2.20 bits per heavy atom. The summed E-state index contributed by atoms with van der Waals surface area (Å²) in [4.78, 5) is 35.9. The Labute approximate surface area is 143 Å². The summed E-state index contributed by atoms with van der Waals surface area (Å²) in [5, 5.41) is 2.27. The number of benzene rings is 1. The number of nitrogens with zero attached hydrogens (tertiary/aromatic N) is 3. The Morgan fingerprint density at radius 1 is 1.12 bits per heavy atom. The van der Waals surface area contributed by atoms with Crippen molar-refractivity contribution >= 4 is 45.0 Å². The fourth-order valence-corrected chi connectivity index (χ4v) is 3.87. The molecule has 0 bridgehead atoms. The Balaban J connectivity index is 1.83. The summed E-state index contributed by atoms with van der Waals surface area (Å²) in [6, 6.07) is 2.19. The van der Waals surface area contributed by atoms with Gasteiger partial charge in [-0.2, -0.15) is 8.42 Å². The van der Waals surface area contributed by atoms with E-state index in [1.54, 1.807) is 0 Å². The number of fused-ring (bicyclic) bond motifs is 1. The van der Waals surface area contributed by atoms with E-state index in [4.69, 9.17) is 0 Å². The average Bonchev–Trinajstić information content (AvgIpc) is 2.93. The molecule has 2 heterocycles. The van der Waals surface area contributed by atoms with Gasteiger partial charge in [0, 0.05) is 33.0 Å². The molecule has 3 rings (SSSR count). The van der Waals surface area contributed by atoms with Crippen molar-refractivity contribution in [2.45, 2.75) is 12.8 Å². The van der Waals surface area contributed by atoms with E-state index in [-0.39, 0.29) is 29.9 Å². The third-order valence-electron chi connectivity index (χ3n) is 4.17. The van der Waals surface area contributed by atoms with Gasteiger partial charge in [-0.05, 0) is 6.07 Å². The maximum absolute atomic E-state index is 14.2. The predicted molar refractivity (Wildman–Crippen MR) is 86.7 cm³/mol. The largest absolute Gasteiger partial charge is 0.326 e. The zero-order valence-corrected chi connectivity index (χ0v) is 14.3. The molecule has 134 valence electrons. The summed E-state index contributed by atoms with van der Waals surface area (Å²) in [6.07, 6.45) is 0.0998. The number of carbonyl (C=O) groups excluding carboxylic acids is 3. The van der Waals surface area contributed by atoms with Gasteiger partial charge in [-0.1, -0.05) is 0 Å². The molecule has 0 saturated carbocycles. The van der Waals surface area contributed by atoms with Gasteiger partial charge in [-0.3, -0.25) is 27.9 Å². The van der Waals surface area contributed by atoms with Crippen LogP contribution in [0.15, 0.2) is 12.1 Å². The number of anilines is 3. The fourth-order valence-electron chi connectivity index (χ4n) is 2.72. The van der Waals surface area contributed by atoms with Crippen molar-refractivity contribution in [3.8, 4) is 0 Å². The SMILES string of the molecule is CN1c2cc(F)c(NC(=O)CN3C(=O)CCC3=O)cc2N(C)S1(=O)=O. The van der Waals surface area contributed by atoms with Crippen molar-refractivity contribution in [2.24, 2.45) is 0 Å². The van der Waals surface area contributed by atoms with Crippen LogP contribution in [0.1, 0.15) is 12.8 Å². The number of imide groups is 1. The molecule has 25 heavy (non-hydrogen) atoms. The van der Waals surface area contributed by atoms with Crippen LogP contribution in [-0.2, 0) is 24.6 Å². The van der Waals surface area contributed by atoms with Crippen molar-refractivity contribution in [1.29, 1.82) is 0 Å². The van der Waals surface area contributed by atoms with Crippen molar-refractivity contribution in [3.05, 3.63) is 17.9 Å². The van der Waals surface area contributed by atoms with Crippen LogP contribution in [0.25, 0.3) is 0 Å². The first-order valence-electron chi connectivity index (χ1n) is 7.32. The Hall–Kier alpha value is -2.69. The van der Waals surface area contributed by atoms with Crippen LogP contribution < -0.4 is 13.9 Å². The molecule has 0 aromatic heterocycles. The highest BCUT2D eigenvalue weighted by atomic mass is 32.2. The van der Waals surface area contributed by atoms with Gasteiger partial charge in [0.25, 0.3) is 0 Å². The topological polar surface area (TPSA) is 107 Å². The number of nitrogens with one attached hydrogen (secondary N) is 1. The maximum Gasteiger partial charge on any atom is 0.326 e. The minimum atomic E-state index is -3.77. The van der Waals surface area contributed by atoms with Gasteiger partial charge in [0.15, 0.2) is 0 Å². The monoisotopic (exact) mass is 370 g/mol. The second-order valence-electron chi connectivity index (χ2n) is 5.69. The molecule has 1 N–H and O–H groups in total. The first-order valence-corrected chi connectivity index (χ1v) is 8.72. The van der Waals surface area contributed by atoms with E-state index in [1.165, 1.54) is 20.2 Å². The highest BCUT2D eigenvalue weighted by Crippen LogP contribution is 2.41. The highest BCUT2D eigenvalue weighted by Gasteiger charge is 2.37. The van der Waals surface area contributed by atoms with Crippen LogP contribution in [0, 0.1) is 5.82 Å². The molecule has 0 spiro atoms. The lowest BCUT2D eigenvalue weighted by atomic mass is 10.2. The van der Waals surface area contributed by atoms with Gasteiger partial charge < -0.3 is 5.32 Å². The zero-order chi connectivity index (χ0) is 18.5. The molecular formula is C14H15FN4O5S. The van der Waals surface area contributed by atoms with Crippen LogP contribution in [0.4, 0.5) is 21.5 Å². The van der Waals surface area contributed by atoms with Crippen molar-refractivity contribution < 1.29 is 27.2 Å². The van der Waals surface area contributed by atoms with E-state index in [9.17, 15) is 27.2 Å². The molecule has 0 atom stereocenters. The summed E-state index contributed by atoms with van der Waals surface area (Å²) in [5.74, 6) is -2.49. The smallest absolute Gasteiger partial charge is 0.322 e. The second kappa shape index (κ2) is 5.69. The fraction of sp³-hybridized carbons (Fsp3) is 0.357. The zero-order valence-electron chi connectivity index (χ0n) is 13.4. The number of hydrogen-bond donors (Lipinski definition) is 1. The molecule has 9 nitrogen and oxygen atoms in total. The van der Waals surface area contributed by atoms with E-state index in [0.29, 0.717) is 0 Å². The van der Waals surface area contributed by atoms with Crippen LogP contribution in [0.5, 0.6) is 0 Å². The van der Waals surface area contributed by atoms with E-state index in [0.717, 1.165) is 19.6 Å². The summed E-state index contributed by atoms with van der Waals surface area (Å²) in [5.41, 5.74) is 0.107. The first-order chi connectivity index (χ1) is 11.6. The summed E-state index contributed by atoms with van der Waals surface area (Å²) in [6.45, 7) is -0.512. The normalized spacial score (nSPS) is 18.8. The minimum Gasteiger partial charge on any atom is -0.322 e. The highest BCUT2D eigenvalue weighted by molar-refractivity contribution is 7.94. The van der Waals surface area contributed by atoms with E-state index < -0.39 is 40.3 Å².